The van der Waals surface area contributed by atoms with Crippen molar-refractivity contribution in [1.82, 2.24) is 14.3 Å². The number of nitrogens with zero attached hydrogens (tertiary/aromatic N) is 2. The summed E-state index contributed by atoms with van der Waals surface area (Å²) in [5.74, 6) is 1.30. The first-order chi connectivity index (χ1) is 16.1. The summed E-state index contributed by atoms with van der Waals surface area (Å²) < 4.78 is 35.8. The molecule has 1 amide bonds. The molecule has 0 saturated carbocycles. The third kappa shape index (κ3) is 6.27. The van der Waals surface area contributed by atoms with Crippen LogP contribution in [0.4, 0.5) is 4.79 Å². The number of imidazole rings is 1. The summed E-state index contributed by atoms with van der Waals surface area (Å²) in [5, 5.41) is 0. The summed E-state index contributed by atoms with van der Waals surface area (Å²) in [5.41, 5.74) is 3.45. The van der Waals surface area contributed by atoms with Gasteiger partial charge in [-0.2, -0.15) is 0 Å². The van der Waals surface area contributed by atoms with Gasteiger partial charge in [-0.25, -0.2) is 22.9 Å². The Kier molecular flexibility index (Phi) is 8.54. The molecule has 0 aliphatic rings. The first kappa shape index (κ1) is 26.0. The van der Waals surface area contributed by atoms with Crippen LogP contribution in [0.25, 0.3) is 11.1 Å². The fraction of sp³-hybridized carbons (Fsp3) is 0.440. The zero-order valence-corrected chi connectivity index (χ0v) is 22.1. The number of unbranched alkanes of at least 4 members (excludes halogenated alkanes) is 1. The van der Waals surface area contributed by atoms with Gasteiger partial charge in [-0.3, -0.25) is 0 Å². The summed E-state index contributed by atoms with van der Waals surface area (Å²) in [7, 11) is -4.09. The molecule has 0 bridgehead atoms. The maximum Gasteiger partial charge on any atom is 0.421 e. The molecule has 0 atom stereocenters. The van der Waals surface area contributed by atoms with Gasteiger partial charge in [-0.1, -0.05) is 51.5 Å². The van der Waals surface area contributed by atoms with E-state index in [9.17, 15) is 13.2 Å². The Hall–Kier alpha value is -2.65. The molecular formula is C25H33N3O4S2. The third-order valence-corrected chi connectivity index (χ3v) is 8.66. The minimum atomic E-state index is -4.09. The van der Waals surface area contributed by atoms with Crippen molar-refractivity contribution in [2.45, 2.75) is 64.6 Å². The second-order valence-corrected chi connectivity index (χ2v) is 11.8. The van der Waals surface area contributed by atoms with Crippen molar-refractivity contribution in [2.75, 3.05) is 6.61 Å². The van der Waals surface area contributed by atoms with E-state index in [2.05, 4.69) is 28.1 Å². The van der Waals surface area contributed by atoms with E-state index >= 15 is 0 Å². The van der Waals surface area contributed by atoms with Crippen molar-refractivity contribution >= 4 is 27.5 Å². The van der Waals surface area contributed by atoms with Gasteiger partial charge >= 0.3 is 6.09 Å². The number of aromatic nitrogens is 2. The molecule has 34 heavy (non-hydrogen) atoms. The van der Waals surface area contributed by atoms with Crippen LogP contribution in [0.2, 0.25) is 0 Å². The molecule has 0 aliphatic heterocycles. The van der Waals surface area contributed by atoms with Gasteiger partial charge in [0.1, 0.15) is 10.0 Å². The predicted octanol–water partition coefficient (Wildman–Crippen LogP) is 5.69. The molecule has 1 N–H and O–H groups in total. The highest BCUT2D eigenvalue weighted by molar-refractivity contribution is 7.92. The van der Waals surface area contributed by atoms with Gasteiger partial charge in [0.25, 0.3) is 10.0 Å². The van der Waals surface area contributed by atoms with E-state index in [1.165, 1.54) is 11.3 Å². The number of hydrogen-bond acceptors (Lipinski definition) is 6. The molecule has 0 aliphatic carbocycles. The van der Waals surface area contributed by atoms with E-state index < -0.39 is 16.1 Å². The number of carbonyl (C=O) groups excluding carboxylic acids is 1. The van der Waals surface area contributed by atoms with E-state index in [0.29, 0.717) is 24.4 Å². The average molecular weight is 504 g/mol. The highest BCUT2D eigenvalue weighted by atomic mass is 32.2. The van der Waals surface area contributed by atoms with Gasteiger partial charge in [0.2, 0.25) is 0 Å². The zero-order chi connectivity index (χ0) is 24.9. The van der Waals surface area contributed by atoms with Crippen LogP contribution in [0.5, 0.6) is 0 Å². The smallest absolute Gasteiger partial charge is 0.421 e. The van der Waals surface area contributed by atoms with E-state index in [1.54, 1.807) is 6.20 Å². The standard InChI is InChI=1S/C25H33N3O4S2/c1-6-7-14-32-25(29)27-34(30,31)24-23(18(4)22(33-24)15-17(2)3)21-10-8-20(9-11-21)16-28-13-12-26-19(28)5/h8-13,17H,6-7,14-16H2,1-5H3,(H,27,29). The minimum absolute atomic E-state index is 0.145. The van der Waals surface area contributed by atoms with Gasteiger partial charge in [0.15, 0.2) is 0 Å². The lowest BCUT2D eigenvalue weighted by Gasteiger charge is -2.11. The van der Waals surface area contributed by atoms with Gasteiger partial charge < -0.3 is 9.30 Å². The van der Waals surface area contributed by atoms with Crippen molar-refractivity contribution in [3.8, 4) is 11.1 Å². The quantitative estimate of drug-likeness (QED) is 0.359. The van der Waals surface area contributed by atoms with Gasteiger partial charge in [0, 0.05) is 29.4 Å². The van der Waals surface area contributed by atoms with Crippen LogP contribution >= 0.6 is 11.3 Å². The predicted molar refractivity (Wildman–Crippen MR) is 136 cm³/mol. The highest BCUT2D eigenvalue weighted by Crippen LogP contribution is 2.40. The van der Waals surface area contributed by atoms with E-state index in [0.717, 1.165) is 40.2 Å². The van der Waals surface area contributed by atoms with Crippen LogP contribution in [0.3, 0.4) is 0 Å². The Bertz CT molecular complexity index is 1230. The Balaban J connectivity index is 1.95. The summed E-state index contributed by atoms with van der Waals surface area (Å²) >= 11 is 1.23. The van der Waals surface area contributed by atoms with Gasteiger partial charge in [0.05, 0.1) is 6.61 Å². The van der Waals surface area contributed by atoms with Crippen molar-refractivity contribution < 1.29 is 17.9 Å². The number of carbonyl (C=O) groups is 1. The molecule has 3 aromatic rings. The Morgan fingerprint density at radius 3 is 2.50 bits per heavy atom. The number of sulfonamides is 1. The SMILES string of the molecule is CCCCOC(=O)NS(=O)(=O)c1sc(CC(C)C)c(C)c1-c1ccc(Cn2ccnc2C)cc1. The van der Waals surface area contributed by atoms with Crippen LogP contribution < -0.4 is 4.72 Å². The Labute approximate surface area is 206 Å². The van der Waals surface area contributed by atoms with Crippen molar-refractivity contribution in [1.29, 1.82) is 0 Å². The summed E-state index contributed by atoms with van der Waals surface area (Å²) in [6.07, 6.45) is 5.05. The zero-order valence-electron chi connectivity index (χ0n) is 20.4. The summed E-state index contributed by atoms with van der Waals surface area (Å²) in [6.45, 7) is 10.9. The molecule has 3 rings (SSSR count). The van der Waals surface area contributed by atoms with Gasteiger partial charge in [-0.05, 0) is 49.3 Å². The number of thiophene rings is 1. The minimum Gasteiger partial charge on any atom is -0.449 e. The van der Waals surface area contributed by atoms with E-state index in [4.69, 9.17) is 4.74 Å². The van der Waals surface area contributed by atoms with Crippen molar-refractivity contribution in [3.05, 3.63) is 58.5 Å². The molecule has 9 heteroatoms. The summed E-state index contributed by atoms with van der Waals surface area (Å²) in [6, 6.07) is 7.87. The summed E-state index contributed by atoms with van der Waals surface area (Å²) in [4.78, 5) is 17.4. The molecule has 1 aromatic carbocycles. The fourth-order valence-corrected chi connectivity index (χ4v) is 6.71. The number of amides is 1. The molecule has 0 spiro atoms. The first-order valence-corrected chi connectivity index (χ1v) is 13.8. The maximum atomic E-state index is 13.2. The second kappa shape index (κ2) is 11.2. The molecule has 0 fully saturated rings. The molecule has 2 heterocycles. The molecule has 0 unspecified atom stereocenters. The van der Waals surface area contributed by atoms with Gasteiger partial charge in [-0.15, -0.1) is 11.3 Å². The lowest BCUT2D eigenvalue weighted by molar-refractivity contribution is 0.151. The van der Waals surface area contributed by atoms with E-state index in [-0.39, 0.29) is 10.8 Å². The number of ether oxygens (including phenoxy) is 1. The van der Waals surface area contributed by atoms with Crippen LogP contribution in [-0.2, 0) is 27.7 Å². The Morgan fingerprint density at radius 2 is 1.91 bits per heavy atom. The highest BCUT2D eigenvalue weighted by Gasteiger charge is 2.28. The third-order valence-electron chi connectivity index (χ3n) is 5.52. The second-order valence-electron chi connectivity index (χ2n) is 8.80. The lowest BCUT2D eigenvalue weighted by Crippen LogP contribution is -2.31. The number of benzene rings is 1. The van der Waals surface area contributed by atoms with Crippen molar-refractivity contribution in [3.63, 3.8) is 0 Å². The van der Waals surface area contributed by atoms with Crippen LogP contribution in [-0.4, -0.2) is 30.7 Å². The van der Waals surface area contributed by atoms with Crippen LogP contribution in [0.15, 0.2) is 40.9 Å². The fourth-order valence-electron chi connectivity index (χ4n) is 3.66. The number of aryl methyl sites for hydroxylation is 1. The van der Waals surface area contributed by atoms with Crippen LogP contribution in [0.1, 0.15) is 55.4 Å². The maximum absolute atomic E-state index is 13.2. The molecule has 2 aromatic heterocycles. The number of hydrogen-bond donors (Lipinski definition) is 1. The Morgan fingerprint density at radius 1 is 1.21 bits per heavy atom. The largest absolute Gasteiger partial charge is 0.449 e. The molecule has 184 valence electrons. The molecule has 0 saturated heterocycles. The molecular weight excluding hydrogens is 470 g/mol. The normalized spacial score (nSPS) is 11.7. The number of nitrogens with one attached hydrogen (secondary N) is 1. The monoisotopic (exact) mass is 503 g/mol. The van der Waals surface area contributed by atoms with Crippen LogP contribution in [0, 0.1) is 19.8 Å². The number of rotatable bonds is 10. The topological polar surface area (TPSA) is 90.3 Å². The van der Waals surface area contributed by atoms with E-state index in [1.807, 2.05) is 51.2 Å². The first-order valence-electron chi connectivity index (χ1n) is 11.5. The lowest BCUT2D eigenvalue weighted by atomic mass is 9.99. The average Bonchev–Trinajstić information content (AvgIpc) is 3.31. The molecule has 7 nitrogen and oxygen atoms in total. The van der Waals surface area contributed by atoms with Crippen molar-refractivity contribution in [2.24, 2.45) is 5.92 Å². The molecule has 0 radical (unpaired) electrons.